The van der Waals surface area contributed by atoms with Crippen LogP contribution in [-0.2, 0) is 9.47 Å². The van der Waals surface area contributed by atoms with Gasteiger partial charge in [0.2, 0.25) is 0 Å². The molecule has 1 rings (SSSR count). The molecule has 106 valence electrons. The molecule has 6 heteroatoms. The van der Waals surface area contributed by atoms with Crippen molar-refractivity contribution in [3.05, 3.63) is 23.9 Å². The minimum atomic E-state index is 0.0484. The van der Waals surface area contributed by atoms with Gasteiger partial charge < -0.3 is 20.1 Å². The van der Waals surface area contributed by atoms with Crippen LogP contribution in [0.15, 0.2) is 18.3 Å². The standard InChI is InChI=1S/C13H22N4O2/c1-18-8-3-6-17(7-9-19-2)12-10-11(13(14)15)4-5-16-12/h4-5,10H,3,6-9H2,1-2H3,(H3,14,15). The van der Waals surface area contributed by atoms with Gasteiger partial charge >= 0.3 is 0 Å². The highest BCUT2D eigenvalue weighted by Gasteiger charge is 2.09. The van der Waals surface area contributed by atoms with Crippen molar-refractivity contribution in [3.8, 4) is 0 Å². The van der Waals surface area contributed by atoms with E-state index in [1.54, 1.807) is 26.5 Å². The molecule has 3 N–H and O–H groups in total. The molecule has 0 aliphatic rings. The van der Waals surface area contributed by atoms with Crippen molar-refractivity contribution in [2.45, 2.75) is 6.42 Å². The minimum Gasteiger partial charge on any atom is -0.385 e. The molecule has 0 saturated carbocycles. The summed E-state index contributed by atoms with van der Waals surface area (Å²) in [5, 5.41) is 7.47. The average Bonchev–Trinajstić information content (AvgIpc) is 2.43. The predicted molar refractivity (Wildman–Crippen MR) is 75.8 cm³/mol. The molecule has 0 bridgehead atoms. The van der Waals surface area contributed by atoms with Crippen LogP contribution in [0.1, 0.15) is 12.0 Å². The summed E-state index contributed by atoms with van der Waals surface area (Å²) in [5.41, 5.74) is 6.18. The third-order valence-electron chi connectivity index (χ3n) is 2.72. The third kappa shape index (κ3) is 5.23. The van der Waals surface area contributed by atoms with Gasteiger partial charge in [0.1, 0.15) is 11.7 Å². The van der Waals surface area contributed by atoms with Gasteiger partial charge in [-0.2, -0.15) is 0 Å². The van der Waals surface area contributed by atoms with Gasteiger partial charge in [-0.1, -0.05) is 0 Å². The lowest BCUT2D eigenvalue weighted by atomic mass is 10.2. The maximum atomic E-state index is 7.47. The van der Waals surface area contributed by atoms with Crippen molar-refractivity contribution < 1.29 is 9.47 Å². The molecular weight excluding hydrogens is 244 g/mol. The first kappa shape index (κ1) is 15.4. The Bertz CT molecular complexity index is 398. The first-order chi connectivity index (χ1) is 9.19. The summed E-state index contributed by atoms with van der Waals surface area (Å²) in [6.07, 6.45) is 2.58. The molecular formula is C13H22N4O2. The Morgan fingerprint density at radius 1 is 1.32 bits per heavy atom. The highest BCUT2D eigenvalue weighted by molar-refractivity contribution is 5.95. The second-order valence-corrected chi connectivity index (χ2v) is 4.14. The smallest absolute Gasteiger partial charge is 0.129 e. The van der Waals surface area contributed by atoms with Crippen molar-refractivity contribution in [1.29, 1.82) is 5.41 Å². The molecule has 1 aromatic rings. The minimum absolute atomic E-state index is 0.0484. The van der Waals surface area contributed by atoms with Crippen molar-refractivity contribution in [3.63, 3.8) is 0 Å². The number of nitrogens with zero attached hydrogens (tertiary/aromatic N) is 2. The molecule has 0 saturated heterocycles. The van der Waals surface area contributed by atoms with Gasteiger partial charge in [-0.05, 0) is 18.6 Å². The normalized spacial score (nSPS) is 10.4. The van der Waals surface area contributed by atoms with Gasteiger partial charge in [0, 0.05) is 45.7 Å². The topological polar surface area (TPSA) is 84.5 Å². The van der Waals surface area contributed by atoms with E-state index in [4.69, 9.17) is 20.6 Å². The second kappa shape index (κ2) is 8.44. The number of nitrogens with two attached hydrogens (primary N) is 1. The number of aromatic nitrogens is 1. The van der Waals surface area contributed by atoms with E-state index in [2.05, 4.69) is 9.88 Å². The molecule has 1 aromatic heterocycles. The number of ether oxygens (including phenoxy) is 2. The lowest BCUT2D eigenvalue weighted by molar-refractivity contribution is 0.191. The molecule has 0 fully saturated rings. The zero-order valence-corrected chi connectivity index (χ0v) is 11.6. The van der Waals surface area contributed by atoms with E-state index in [-0.39, 0.29) is 5.84 Å². The van der Waals surface area contributed by atoms with Crippen molar-refractivity contribution in [2.24, 2.45) is 5.73 Å². The van der Waals surface area contributed by atoms with Crippen LogP contribution in [0.3, 0.4) is 0 Å². The van der Waals surface area contributed by atoms with E-state index >= 15 is 0 Å². The summed E-state index contributed by atoms with van der Waals surface area (Å²) in [5.74, 6) is 0.855. The maximum Gasteiger partial charge on any atom is 0.129 e. The summed E-state index contributed by atoms with van der Waals surface area (Å²) < 4.78 is 10.2. The molecule has 19 heavy (non-hydrogen) atoms. The van der Waals surface area contributed by atoms with E-state index < -0.39 is 0 Å². The van der Waals surface area contributed by atoms with Crippen LogP contribution in [0.2, 0.25) is 0 Å². The Labute approximate surface area is 114 Å². The Hall–Kier alpha value is -1.66. The zero-order chi connectivity index (χ0) is 14.1. The SMILES string of the molecule is COCCCN(CCOC)c1cc(C(=N)N)ccn1. The highest BCUT2D eigenvalue weighted by Crippen LogP contribution is 2.13. The third-order valence-corrected chi connectivity index (χ3v) is 2.72. The summed E-state index contributed by atoms with van der Waals surface area (Å²) in [4.78, 5) is 6.44. The number of rotatable bonds is 9. The van der Waals surface area contributed by atoms with Crippen molar-refractivity contribution >= 4 is 11.7 Å². The number of hydrogen-bond donors (Lipinski definition) is 2. The van der Waals surface area contributed by atoms with Crippen LogP contribution in [0.25, 0.3) is 0 Å². The van der Waals surface area contributed by atoms with E-state index in [9.17, 15) is 0 Å². The Morgan fingerprint density at radius 2 is 2.05 bits per heavy atom. The molecule has 0 aliphatic heterocycles. The lowest BCUT2D eigenvalue weighted by Crippen LogP contribution is -2.30. The highest BCUT2D eigenvalue weighted by atomic mass is 16.5. The monoisotopic (exact) mass is 266 g/mol. The fourth-order valence-electron chi connectivity index (χ4n) is 1.70. The molecule has 6 nitrogen and oxygen atoms in total. The fraction of sp³-hybridized carbons (Fsp3) is 0.538. The van der Waals surface area contributed by atoms with Crippen LogP contribution < -0.4 is 10.6 Å². The van der Waals surface area contributed by atoms with E-state index in [0.717, 1.165) is 25.3 Å². The summed E-state index contributed by atoms with van der Waals surface area (Å²) in [6, 6.07) is 3.56. The Balaban J connectivity index is 2.76. The molecule has 0 unspecified atom stereocenters. The van der Waals surface area contributed by atoms with Gasteiger partial charge in [-0.25, -0.2) is 4.98 Å². The molecule has 1 heterocycles. The molecule has 0 aliphatic carbocycles. The van der Waals surface area contributed by atoms with Gasteiger partial charge in [-0.15, -0.1) is 0 Å². The number of methoxy groups -OCH3 is 2. The second-order valence-electron chi connectivity index (χ2n) is 4.14. The van der Waals surface area contributed by atoms with Gasteiger partial charge in [-0.3, -0.25) is 5.41 Å². The Kier molecular flexibility index (Phi) is 6.84. The van der Waals surface area contributed by atoms with E-state index in [0.29, 0.717) is 18.8 Å². The first-order valence-electron chi connectivity index (χ1n) is 6.22. The van der Waals surface area contributed by atoms with Gasteiger partial charge in [0.15, 0.2) is 0 Å². The first-order valence-corrected chi connectivity index (χ1v) is 6.22. The number of nitrogen functional groups attached to an aromatic ring is 1. The van der Waals surface area contributed by atoms with Crippen molar-refractivity contribution in [2.75, 3.05) is 45.4 Å². The summed E-state index contributed by atoms with van der Waals surface area (Å²) in [7, 11) is 3.36. The fourth-order valence-corrected chi connectivity index (χ4v) is 1.70. The molecule has 0 aromatic carbocycles. The van der Waals surface area contributed by atoms with Crippen molar-refractivity contribution in [1.82, 2.24) is 4.98 Å². The average molecular weight is 266 g/mol. The van der Waals surface area contributed by atoms with E-state index in [1.807, 2.05) is 6.07 Å². The predicted octanol–water partition coefficient (Wildman–Crippen LogP) is 0.855. The van der Waals surface area contributed by atoms with Crippen LogP contribution >= 0.6 is 0 Å². The van der Waals surface area contributed by atoms with Crippen LogP contribution in [-0.4, -0.2) is 51.3 Å². The zero-order valence-electron chi connectivity index (χ0n) is 11.6. The number of amidine groups is 1. The number of pyridine rings is 1. The summed E-state index contributed by atoms with van der Waals surface area (Å²) >= 11 is 0. The van der Waals surface area contributed by atoms with E-state index in [1.165, 1.54) is 0 Å². The van der Waals surface area contributed by atoms with Crippen LogP contribution in [0.5, 0.6) is 0 Å². The van der Waals surface area contributed by atoms with Crippen LogP contribution in [0.4, 0.5) is 5.82 Å². The Morgan fingerprint density at radius 3 is 2.68 bits per heavy atom. The quantitative estimate of drug-likeness (QED) is 0.393. The molecule has 0 amide bonds. The molecule has 0 radical (unpaired) electrons. The van der Waals surface area contributed by atoms with Crippen LogP contribution in [0, 0.1) is 5.41 Å². The molecule has 0 atom stereocenters. The summed E-state index contributed by atoms with van der Waals surface area (Å²) in [6.45, 7) is 2.90. The lowest BCUT2D eigenvalue weighted by Gasteiger charge is -2.23. The van der Waals surface area contributed by atoms with Gasteiger partial charge in [0.05, 0.1) is 6.61 Å². The number of nitrogens with one attached hydrogen (secondary N) is 1. The number of hydrogen-bond acceptors (Lipinski definition) is 5. The number of anilines is 1. The van der Waals surface area contributed by atoms with Gasteiger partial charge in [0.25, 0.3) is 0 Å². The maximum absolute atomic E-state index is 7.47. The largest absolute Gasteiger partial charge is 0.385 e. The molecule has 0 spiro atoms.